The Hall–Kier alpha value is -1.52. The Morgan fingerprint density at radius 3 is 2.61 bits per heavy atom. The van der Waals surface area contributed by atoms with E-state index in [1.54, 1.807) is 12.1 Å². The average Bonchev–Trinajstić information content (AvgIpc) is 3.34. The van der Waals surface area contributed by atoms with Gasteiger partial charge in [-0.1, -0.05) is 57.9 Å². The van der Waals surface area contributed by atoms with Crippen LogP contribution in [0.25, 0.3) is 0 Å². The fourth-order valence-electron chi connectivity index (χ4n) is 2.56. The molecule has 1 aliphatic carbocycles. The lowest BCUT2D eigenvalue weighted by Crippen LogP contribution is -2.35. The lowest BCUT2D eigenvalue weighted by atomic mass is 9.96. The van der Waals surface area contributed by atoms with Crippen LogP contribution in [0.4, 0.5) is 0 Å². The van der Waals surface area contributed by atoms with Crippen LogP contribution in [0.5, 0.6) is 5.75 Å². The summed E-state index contributed by atoms with van der Waals surface area (Å²) in [7, 11) is 0. The Kier molecular flexibility index (Phi) is 4.93. The first kappa shape index (κ1) is 16.3. The number of hydrogen-bond acceptors (Lipinski definition) is 2. The van der Waals surface area contributed by atoms with E-state index in [4.69, 9.17) is 16.3 Å². The highest BCUT2D eigenvalue weighted by Gasteiger charge is 2.44. The summed E-state index contributed by atoms with van der Waals surface area (Å²) in [6.45, 7) is 0.611. The van der Waals surface area contributed by atoms with Crippen LogP contribution >= 0.6 is 27.5 Å². The second-order valence-corrected chi connectivity index (χ2v) is 7.11. The maximum absolute atomic E-state index is 12.0. The number of halogens is 2. The van der Waals surface area contributed by atoms with Gasteiger partial charge in [-0.25, -0.2) is 0 Å². The molecule has 1 aliphatic rings. The molecular formula is C18H17BrClNO2. The third-order valence-electron chi connectivity index (χ3n) is 4.12. The van der Waals surface area contributed by atoms with Crippen molar-refractivity contribution in [2.45, 2.75) is 18.3 Å². The second-order valence-electron chi connectivity index (χ2n) is 5.79. The number of nitrogens with one attached hydrogen (secondary N) is 1. The molecule has 2 aromatic rings. The van der Waals surface area contributed by atoms with Crippen molar-refractivity contribution in [2.75, 3.05) is 13.2 Å². The van der Waals surface area contributed by atoms with Crippen LogP contribution < -0.4 is 10.1 Å². The van der Waals surface area contributed by atoms with Gasteiger partial charge in [-0.2, -0.15) is 0 Å². The van der Waals surface area contributed by atoms with Gasteiger partial charge in [0.2, 0.25) is 0 Å². The molecule has 0 aliphatic heterocycles. The van der Waals surface area contributed by atoms with Crippen LogP contribution in [-0.2, 0) is 10.2 Å². The van der Waals surface area contributed by atoms with Gasteiger partial charge in [-0.15, -0.1) is 0 Å². The minimum atomic E-state index is -0.133. The van der Waals surface area contributed by atoms with Crippen LogP contribution in [0.3, 0.4) is 0 Å². The van der Waals surface area contributed by atoms with Crippen molar-refractivity contribution in [3.8, 4) is 5.75 Å². The Bertz CT molecular complexity index is 701. The van der Waals surface area contributed by atoms with E-state index in [2.05, 4.69) is 33.4 Å². The van der Waals surface area contributed by atoms with Crippen molar-refractivity contribution in [3.63, 3.8) is 0 Å². The summed E-state index contributed by atoms with van der Waals surface area (Å²) in [6, 6.07) is 15.6. The first-order chi connectivity index (χ1) is 11.1. The van der Waals surface area contributed by atoms with Crippen LogP contribution in [-0.4, -0.2) is 19.1 Å². The minimum Gasteiger partial charge on any atom is -0.482 e. The monoisotopic (exact) mass is 393 g/mol. The largest absolute Gasteiger partial charge is 0.482 e. The predicted molar refractivity (Wildman–Crippen MR) is 95.0 cm³/mol. The van der Waals surface area contributed by atoms with Crippen molar-refractivity contribution in [1.82, 2.24) is 5.32 Å². The Labute approximate surface area is 149 Å². The lowest BCUT2D eigenvalue weighted by molar-refractivity contribution is -0.123. The van der Waals surface area contributed by atoms with Gasteiger partial charge in [0.05, 0.1) is 5.02 Å². The number of ether oxygens (including phenoxy) is 1. The second kappa shape index (κ2) is 6.93. The van der Waals surface area contributed by atoms with Crippen LogP contribution in [0, 0.1) is 0 Å². The van der Waals surface area contributed by atoms with Gasteiger partial charge in [0.25, 0.3) is 5.91 Å². The van der Waals surface area contributed by atoms with Gasteiger partial charge in [0.1, 0.15) is 5.75 Å². The number of amides is 1. The van der Waals surface area contributed by atoms with E-state index in [1.165, 1.54) is 5.56 Å². The van der Waals surface area contributed by atoms with Crippen molar-refractivity contribution in [3.05, 3.63) is 63.6 Å². The normalized spacial score (nSPS) is 15.0. The van der Waals surface area contributed by atoms with Crippen LogP contribution in [0.15, 0.2) is 53.0 Å². The Balaban J connectivity index is 1.50. The number of carbonyl (C=O) groups excluding carboxylic acids is 1. The highest BCUT2D eigenvalue weighted by molar-refractivity contribution is 9.10. The van der Waals surface area contributed by atoms with E-state index in [0.29, 0.717) is 17.3 Å². The summed E-state index contributed by atoms with van der Waals surface area (Å²) >= 11 is 9.40. The fraction of sp³-hybridized carbons (Fsp3) is 0.278. The van der Waals surface area contributed by atoms with Crippen molar-refractivity contribution >= 4 is 33.4 Å². The molecule has 0 heterocycles. The molecule has 1 amide bonds. The summed E-state index contributed by atoms with van der Waals surface area (Å²) in [5, 5.41) is 3.45. The first-order valence-electron chi connectivity index (χ1n) is 7.49. The zero-order valence-electron chi connectivity index (χ0n) is 12.5. The first-order valence-corrected chi connectivity index (χ1v) is 8.66. The van der Waals surface area contributed by atoms with E-state index in [-0.39, 0.29) is 17.9 Å². The average molecular weight is 395 g/mol. The third kappa shape index (κ3) is 4.06. The van der Waals surface area contributed by atoms with Gasteiger partial charge in [0, 0.05) is 16.4 Å². The van der Waals surface area contributed by atoms with Gasteiger partial charge < -0.3 is 10.1 Å². The van der Waals surface area contributed by atoms with E-state index in [1.807, 2.05) is 24.3 Å². The molecule has 0 bridgehead atoms. The minimum absolute atomic E-state index is 0.0355. The third-order valence-corrected chi connectivity index (χ3v) is 4.90. The van der Waals surface area contributed by atoms with Gasteiger partial charge in [-0.05, 0) is 36.6 Å². The number of carbonyl (C=O) groups is 1. The molecule has 120 valence electrons. The molecule has 0 saturated heterocycles. The Morgan fingerprint density at radius 2 is 1.96 bits per heavy atom. The molecule has 2 aromatic carbocycles. The van der Waals surface area contributed by atoms with Gasteiger partial charge >= 0.3 is 0 Å². The van der Waals surface area contributed by atoms with Crippen LogP contribution in [0.1, 0.15) is 18.4 Å². The maximum atomic E-state index is 12.0. The standard InChI is InChI=1S/C18H17BrClNO2/c19-14-6-7-16(15(20)10-14)23-11-17(22)21-12-18(8-9-18)13-4-2-1-3-5-13/h1-7,10H,8-9,11-12H2,(H,21,22). The van der Waals surface area contributed by atoms with Crippen molar-refractivity contribution in [1.29, 1.82) is 0 Å². The molecule has 0 atom stereocenters. The molecule has 1 saturated carbocycles. The molecule has 3 nitrogen and oxygen atoms in total. The fourth-order valence-corrected chi connectivity index (χ4v) is 3.29. The highest BCUT2D eigenvalue weighted by atomic mass is 79.9. The lowest BCUT2D eigenvalue weighted by Gasteiger charge is -2.17. The molecule has 5 heteroatoms. The summed E-state index contributed by atoms with van der Waals surface area (Å²) in [4.78, 5) is 12.0. The molecular weight excluding hydrogens is 378 g/mol. The predicted octanol–water partition coefficient (Wildman–Crippen LogP) is 4.33. The molecule has 3 rings (SSSR count). The van der Waals surface area contributed by atoms with E-state index in [0.717, 1.165) is 17.3 Å². The summed E-state index contributed by atoms with van der Waals surface area (Å²) in [6.07, 6.45) is 2.22. The summed E-state index contributed by atoms with van der Waals surface area (Å²) in [5.74, 6) is 0.375. The van der Waals surface area contributed by atoms with E-state index in [9.17, 15) is 4.79 Å². The van der Waals surface area contributed by atoms with E-state index >= 15 is 0 Å². The molecule has 0 aromatic heterocycles. The smallest absolute Gasteiger partial charge is 0.257 e. The molecule has 0 spiro atoms. The SMILES string of the molecule is O=C(COc1ccc(Br)cc1Cl)NCC1(c2ccccc2)CC1. The zero-order chi connectivity index (χ0) is 16.3. The van der Waals surface area contributed by atoms with Gasteiger partial charge in [-0.3, -0.25) is 4.79 Å². The molecule has 0 radical (unpaired) electrons. The summed E-state index contributed by atoms with van der Waals surface area (Å²) in [5.41, 5.74) is 1.39. The quantitative estimate of drug-likeness (QED) is 0.792. The highest BCUT2D eigenvalue weighted by Crippen LogP contribution is 2.47. The maximum Gasteiger partial charge on any atom is 0.257 e. The molecule has 1 fully saturated rings. The number of benzene rings is 2. The van der Waals surface area contributed by atoms with Gasteiger partial charge in [0.15, 0.2) is 6.61 Å². The Morgan fingerprint density at radius 1 is 1.22 bits per heavy atom. The van der Waals surface area contributed by atoms with Crippen molar-refractivity contribution < 1.29 is 9.53 Å². The molecule has 23 heavy (non-hydrogen) atoms. The van der Waals surface area contributed by atoms with Crippen molar-refractivity contribution in [2.24, 2.45) is 0 Å². The summed E-state index contributed by atoms with van der Waals surface area (Å²) < 4.78 is 6.35. The molecule has 0 unspecified atom stereocenters. The topological polar surface area (TPSA) is 38.3 Å². The number of rotatable bonds is 6. The van der Waals surface area contributed by atoms with Crippen LogP contribution in [0.2, 0.25) is 5.02 Å². The number of hydrogen-bond donors (Lipinski definition) is 1. The van der Waals surface area contributed by atoms with E-state index < -0.39 is 0 Å². The zero-order valence-corrected chi connectivity index (χ0v) is 14.9. The molecule has 1 N–H and O–H groups in total.